The Balaban J connectivity index is 1.93. The maximum Gasteiger partial charge on any atom is 0.324 e. The van der Waals surface area contributed by atoms with Gasteiger partial charge in [0.25, 0.3) is 0 Å². The summed E-state index contributed by atoms with van der Waals surface area (Å²) in [6.45, 7) is 0.950. The first-order valence-electron chi connectivity index (χ1n) is 4.43. The Hall–Kier alpha value is -1.37. The first-order chi connectivity index (χ1) is 7.16. The average Bonchev–Trinajstić information content (AvgIpc) is 2.73. The predicted octanol–water partition coefficient (Wildman–Crippen LogP) is 0.197. The molecular formula is C8H9BrN4O2. The molecule has 7 heteroatoms. The molecule has 1 N–H and O–H groups in total. The van der Waals surface area contributed by atoms with Crippen LogP contribution in [0.15, 0.2) is 16.9 Å². The molecule has 0 aliphatic carbocycles. The van der Waals surface area contributed by atoms with Crippen LogP contribution in [0.25, 0.3) is 0 Å². The highest BCUT2D eigenvalue weighted by atomic mass is 79.9. The number of nitrogens with one attached hydrogen (secondary N) is 1. The summed E-state index contributed by atoms with van der Waals surface area (Å²) in [7, 11) is 0. The van der Waals surface area contributed by atoms with Gasteiger partial charge < -0.3 is 5.32 Å². The van der Waals surface area contributed by atoms with Gasteiger partial charge in [-0.25, -0.2) is 4.79 Å². The van der Waals surface area contributed by atoms with Crippen LogP contribution in [0.1, 0.15) is 0 Å². The highest BCUT2D eigenvalue weighted by Crippen LogP contribution is 2.06. The monoisotopic (exact) mass is 272 g/mol. The normalized spacial score (nSPS) is 15.9. The van der Waals surface area contributed by atoms with Crippen molar-refractivity contribution in [1.82, 2.24) is 20.0 Å². The van der Waals surface area contributed by atoms with E-state index >= 15 is 0 Å². The molecular weight excluding hydrogens is 264 g/mol. The van der Waals surface area contributed by atoms with Crippen LogP contribution in [0.5, 0.6) is 0 Å². The zero-order valence-electron chi connectivity index (χ0n) is 7.81. The number of hydrogen-bond donors (Lipinski definition) is 1. The quantitative estimate of drug-likeness (QED) is 0.800. The average molecular weight is 273 g/mol. The minimum atomic E-state index is -0.328. The molecule has 80 valence electrons. The fraction of sp³-hybridized carbons (Fsp3) is 0.375. The van der Waals surface area contributed by atoms with E-state index in [0.717, 1.165) is 4.47 Å². The van der Waals surface area contributed by atoms with Gasteiger partial charge in [-0.1, -0.05) is 0 Å². The molecule has 1 aromatic rings. The Kier molecular flexibility index (Phi) is 2.72. The van der Waals surface area contributed by atoms with Crippen LogP contribution < -0.4 is 5.32 Å². The number of carbonyl (C=O) groups is 2. The van der Waals surface area contributed by atoms with Gasteiger partial charge in [0, 0.05) is 6.20 Å². The molecule has 1 saturated heterocycles. The highest BCUT2D eigenvalue weighted by Gasteiger charge is 2.27. The molecule has 0 spiro atoms. The lowest BCUT2D eigenvalue weighted by Crippen LogP contribution is -2.33. The van der Waals surface area contributed by atoms with Gasteiger partial charge in [-0.05, 0) is 15.9 Å². The molecule has 1 aromatic heterocycles. The molecule has 0 radical (unpaired) electrons. The molecule has 0 unspecified atom stereocenters. The van der Waals surface area contributed by atoms with Gasteiger partial charge in [-0.2, -0.15) is 5.10 Å². The Labute approximate surface area is 94.4 Å². The number of carbonyl (C=O) groups excluding carboxylic acids is 2. The number of imide groups is 1. The summed E-state index contributed by atoms with van der Waals surface area (Å²) in [5, 5.41) is 6.49. The van der Waals surface area contributed by atoms with Gasteiger partial charge in [-0.3, -0.25) is 14.4 Å². The third-order valence-electron chi connectivity index (χ3n) is 2.09. The lowest BCUT2D eigenvalue weighted by Gasteiger charge is -2.11. The van der Waals surface area contributed by atoms with E-state index < -0.39 is 0 Å². The van der Waals surface area contributed by atoms with E-state index in [2.05, 4.69) is 26.3 Å². The minimum Gasteiger partial charge on any atom is -0.329 e. The Morgan fingerprint density at radius 3 is 2.80 bits per heavy atom. The number of halogens is 1. The lowest BCUT2D eigenvalue weighted by atomic mass is 10.5. The largest absolute Gasteiger partial charge is 0.329 e. The Morgan fingerprint density at radius 2 is 2.27 bits per heavy atom. The zero-order valence-corrected chi connectivity index (χ0v) is 9.40. The number of nitrogens with zero attached hydrogens (tertiary/aromatic N) is 3. The minimum absolute atomic E-state index is 0.0988. The molecule has 1 aliphatic heterocycles. The lowest BCUT2D eigenvalue weighted by molar-refractivity contribution is -0.125. The van der Waals surface area contributed by atoms with Crippen LogP contribution in [0.2, 0.25) is 0 Å². The Morgan fingerprint density at radius 1 is 1.47 bits per heavy atom. The third-order valence-corrected chi connectivity index (χ3v) is 2.50. The second-order valence-electron chi connectivity index (χ2n) is 3.13. The fourth-order valence-corrected chi connectivity index (χ4v) is 1.67. The van der Waals surface area contributed by atoms with Crippen LogP contribution in [-0.2, 0) is 11.3 Å². The van der Waals surface area contributed by atoms with E-state index in [4.69, 9.17) is 0 Å². The number of urea groups is 1. The third kappa shape index (κ3) is 2.17. The van der Waals surface area contributed by atoms with Crippen molar-refractivity contribution in [2.45, 2.75) is 6.54 Å². The van der Waals surface area contributed by atoms with Crippen molar-refractivity contribution >= 4 is 27.9 Å². The molecule has 1 fully saturated rings. The van der Waals surface area contributed by atoms with E-state index in [-0.39, 0.29) is 18.5 Å². The Bertz CT molecular complexity index is 387. The molecule has 0 bridgehead atoms. The summed E-state index contributed by atoms with van der Waals surface area (Å²) in [5.74, 6) is -0.189. The van der Waals surface area contributed by atoms with Crippen LogP contribution >= 0.6 is 15.9 Å². The van der Waals surface area contributed by atoms with Gasteiger partial charge in [-0.15, -0.1) is 0 Å². The van der Waals surface area contributed by atoms with Gasteiger partial charge in [0.2, 0.25) is 5.91 Å². The summed E-state index contributed by atoms with van der Waals surface area (Å²) in [6.07, 6.45) is 3.45. The van der Waals surface area contributed by atoms with Gasteiger partial charge >= 0.3 is 6.03 Å². The van der Waals surface area contributed by atoms with Crippen LogP contribution in [0, 0.1) is 0 Å². The molecule has 0 atom stereocenters. The fourth-order valence-electron chi connectivity index (χ4n) is 1.34. The van der Waals surface area contributed by atoms with E-state index in [9.17, 15) is 9.59 Å². The summed E-state index contributed by atoms with van der Waals surface area (Å²) in [5.41, 5.74) is 0. The van der Waals surface area contributed by atoms with Crippen molar-refractivity contribution < 1.29 is 9.59 Å². The van der Waals surface area contributed by atoms with Crippen molar-refractivity contribution in [3.05, 3.63) is 16.9 Å². The van der Waals surface area contributed by atoms with Crippen molar-refractivity contribution in [2.75, 3.05) is 13.1 Å². The van der Waals surface area contributed by atoms with Gasteiger partial charge in [0.05, 0.1) is 30.3 Å². The molecule has 15 heavy (non-hydrogen) atoms. The van der Waals surface area contributed by atoms with E-state index in [1.807, 2.05) is 0 Å². The molecule has 3 amide bonds. The van der Waals surface area contributed by atoms with Crippen LogP contribution in [0.3, 0.4) is 0 Å². The topological polar surface area (TPSA) is 67.2 Å². The second kappa shape index (κ2) is 4.01. The molecule has 2 rings (SSSR count). The molecule has 6 nitrogen and oxygen atoms in total. The summed E-state index contributed by atoms with van der Waals surface area (Å²) in [4.78, 5) is 23.6. The first kappa shape index (κ1) is 10.2. The van der Waals surface area contributed by atoms with E-state index in [1.165, 1.54) is 4.90 Å². The van der Waals surface area contributed by atoms with Crippen molar-refractivity contribution in [3.8, 4) is 0 Å². The highest BCUT2D eigenvalue weighted by molar-refractivity contribution is 9.10. The smallest absolute Gasteiger partial charge is 0.324 e. The number of amides is 3. The first-order valence-corrected chi connectivity index (χ1v) is 5.22. The van der Waals surface area contributed by atoms with Crippen LogP contribution in [0.4, 0.5) is 4.79 Å². The SMILES string of the molecule is O=C1CNC(=O)N1CCn1cc(Br)cn1. The zero-order chi connectivity index (χ0) is 10.8. The van der Waals surface area contributed by atoms with Gasteiger partial charge in [0.15, 0.2) is 0 Å². The summed E-state index contributed by atoms with van der Waals surface area (Å²) >= 11 is 3.27. The van der Waals surface area contributed by atoms with Gasteiger partial charge in [0.1, 0.15) is 0 Å². The summed E-state index contributed by atoms with van der Waals surface area (Å²) in [6, 6.07) is -0.328. The second-order valence-corrected chi connectivity index (χ2v) is 4.04. The van der Waals surface area contributed by atoms with Crippen molar-refractivity contribution in [3.63, 3.8) is 0 Å². The number of rotatable bonds is 3. The van der Waals surface area contributed by atoms with Crippen molar-refractivity contribution in [1.29, 1.82) is 0 Å². The predicted molar refractivity (Wildman–Crippen MR) is 55.0 cm³/mol. The van der Waals surface area contributed by atoms with E-state index in [0.29, 0.717) is 13.1 Å². The molecule has 0 aromatic carbocycles. The summed E-state index contributed by atoms with van der Waals surface area (Å²) < 4.78 is 2.54. The molecule has 1 aliphatic rings. The van der Waals surface area contributed by atoms with E-state index in [1.54, 1.807) is 17.1 Å². The molecule has 2 heterocycles. The molecule has 0 saturated carbocycles. The number of hydrogen-bond acceptors (Lipinski definition) is 3. The maximum absolute atomic E-state index is 11.2. The maximum atomic E-state index is 11.2. The number of aromatic nitrogens is 2. The van der Waals surface area contributed by atoms with Crippen molar-refractivity contribution in [2.24, 2.45) is 0 Å². The van der Waals surface area contributed by atoms with Crippen LogP contribution in [-0.4, -0.2) is 39.7 Å². The standard InChI is InChI=1S/C8H9BrN4O2/c9-6-3-11-12(5-6)1-2-13-7(14)4-10-8(13)15/h3,5H,1-2,4H2,(H,10,15).